The van der Waals surface area contributed by atoms with Crippen molar-refractivity contribution in [2.75, 3.05) is 6.54 Å². The number of benzene rings is 3. The van der Waals surface area contributed by atoms with E-state index < -0.39 is 0 Å². The minimum Gasteiger partial charge on any atom is -0.457 e. The van der Waals surface area contributed by atoms with Crippen LogP contribution in [-0.2, 0) is 13.0 Å². The standard InChI is InChI=1S/C27H24N2O3S/c30-19-22-20-33-26(28-22)18-29(17-9-12-21-10-3-1-4-11-21)27(31)24-15-7-8-16-25(24)32-23-13-5-2-6-14-23/h1-8,10-11,13-16,19-20H,9,12,17-18H2. The van der Waals surface area contributed by atoms with E-state index in [1.165, 1.54) is 16.9 Å². The number of carbonyl (C=O) groups is 2. The molecule has 33 heavy (non-hydrogen) atoms. The van der Waals surface area contributed by atoms with Crippen LogP contribution in [0.1, 0.15) is 37.8 Å². The Labute approximate surface area is 197 Å². The number of thiazole rings is 1. The van der Waals surface area contributed by atoms with Gasteiger partial charge in [0.05, 0.1) is 12.1 Å². The molecule has 4 rings (SSSR count). The smallest absolute Gasteiger partial charge is 0.258 e. The second kappa shape index (κ2) is 11.2. The molecule has 0 unspecified atom stereocenters. The molecular formula is C27H24N2O3S. The summed E-state index contributed by atoms with van der Waals surface area (Å²) in [5.74, 6) is 1.05. The number of carbonyl (C=O) groups excluding carboxylic acids is 2. The molecule has 0 fully saturated rings. The summed E-state index contributed by atoms with van der Waals surface area (Å²) < 4.78 is 6.02. The molecule has 0 aliphatic rings. The lowest BCUT2D eigenvalue weighted by Crippen LogP contribution is -2.32. The van der Waals surface area contributed by atoms with Crippen LogP contribution in [0.15, 0.2) is 90.3 Å². The SMILES string of the molecule is O=Cc1csc(CN(CCCc2ccccc2)C(=O)c2ccccc2Oc2ccccc2)n1. The lowest BCUT2D eigenvalue weighted by atomic mass is 10.1. The first kappa shape index (κ1) is 22.4. The Morgan fingerprint density at radius 3 is 2.36 bits per heavy atom. The zero-order valence-electron chi connectivity index (χ0n) is 18.1. The highest BCUT2D eigenvalue weighted by Gasteiger charge is 2.21. The van der Waals surface area contributed by atoms with Gasteiger partial charge in [-0.05, 0) is 42.7 Å². The van der Waals surface area contributed by atoms with E-state index >= 15 is 0 Å². The van der Waals surface area contributed by atoms with Gasteiger partial charge in [0.15, 0.2) is 6.29 Å². The number of hydrogen-bond acceptors (Lipinski definition) is 5. The van der Waals surface area contributed by atoms with Crippen LogP contribution >= 0.6 is 11.3 Å². The summed E-state index contributed by atoms with van der Waals surface area (Å²) >= 11 is 1.38. The number of nitrogens with zero attached hydrogens (tertiary/aromatic N) is 2. The minimum atomic E-state index is -0.127. The number of rotatable bonds is 10. The van der Waals surface area contributed by atoms with Crippen molar-refractivity contribution in [3.63, 3.8) is 0 Å². The summed E-state index contributed by atoms with van der Waals surface area (Å²) in [5.41, 5.74) is 2.11. The van der Waals surface area contributed by atoms with Crippen LogP contribution in [0.2, 0.25) is 0 Å². The highest BCUT2D eigenvalue weighted by Crippen LogP contribution is 2.27. The molecule has 166 valence electrons. The van der Waals surface area contributed by atoms with Gasteiger partial charge in [-0.15, -0.1) is 11.3 Å². The first-order chi connectivity index (χ1) is 16.2. The van der Waals surface area contributed by atoms with Gasteiger partial charge in [-0.3, -0.25) is 9.59 Å². The molecule has 1 heterocycles. The molecule has 0 saturated heterocycles. The van der Waals surface area contributed by atoms with Crippen LogP contribution in [0.3, 0.4) is 0 Å². The topological polar surface area (TPSA) is 59.5 Å². The second-order valence-corrected chi connectivity index (χ2v) is 8.45. The maximum Gasteiger partial charge on any atom is 0.258 e. The van der Waals surface area contributed by atoms with Crippen LogP contribution in [-0.4, -0.2) is 28.6 Å². The van der Waals surface area contributed by atoms with E-state index in [-0.39, 0.29) is 5.91 Å². The number of hydrogen-bond donors (Lipinski definition) is 0. The lowest BCUT2D eigenvalue weighted by molar-refractivity contribution is 0.0738. The van der Waals surface area contributed by atoms with Crippen molar-refractivity contribution in [1.29, 1.82) is 0 Å². The number of aromatic nitrogens is 1. The van der Waals surface area contributed by atoms with E-state index in [4.69, 9.17) is 4.74 Å². The van der Waals surface area contributed by atoms with E-state index in [9.17, 15) is 9.59 Å². The van der Waals surface area contributed by atoms with Gasteiger partial charge in [-0.2, -0.15) is 0 Å². The van der Waals surface area contributed by atoms with E-state index in [1.807, 2.05) is 60.7 Å². The molecule has 1 aromatic heterocycles. The van der Waals surface area contributed by atoms with Crippen molar-refractivity contribution in [2.24, 2.45) is 0 Å². The molecule has 0 aliphatic carbocycles. The van der Waals surface area contributed by atoms with Crippen LogP contribution in [0.25, 0.3) is 0 Å². The zero-order chi connectivity index (χ0) is 22.9. The summed E-state index contributed by atoms with van der Waals surface area (Å²) in [6, 6.07) is 26.9. The Morgan fingerprint density at radius 2 is 1.64 bits per heavy atom. The normalized spacial score (nSPS) is 10.5. The Balaban J connectivity index is 1.54. The Bertz CT molecular complexity index is 1190. The van der Waals surface area contributed by atoms with Gasteiger partial charge >= 0.3 is 0 Å². The molecule has 0 saturated carbocycles. The van der Waals surface area contributed by atoms with E-state index in [2.05, 4.69) is 17.1 Å². The van der Waals surface area contributed by atoms with Crippen LogP contribution in [0.4, 0.5) is 0 Å². The number of aryl methyl sites for hydroxylation is 1. The molecule has 0 spiro atoms. The van der Waals surface area contributed by atoms with Crippen LogP contribution < -0.4 is 4.74 Å². The quantitative estimate of drug-likeness (QED) is 0.274. The van der Waals surface area contributed by atoms with Gasteiger partial charge in [-0.1, -0.05) is 60.7 Å². The van der Waals surface area contributed by atoms with E-state index in [0.29, 0.717) is 35.8 Å². The molecule has 0 atom stereocenters. The zero-order valence-corrected chi connectivity index (χ0v) is 18.9. The van der Waals surface area contributed by atoms with Crippen molar-refractivity contribution in [2.45, 2.75) is 19.4 Å². The number of amides is 1. The maximum absolute atomic E-state index is 13.6. The highest BCUT2D eigenvalue weighted by atomic mass is 32.1. The first-order valence-corrected chi connectivity index (χ1v) is 11.7. The van der Waals surface area contributed by atoms with Gasteiger partial charge in [-0.25, -0.2) is 4.98 Å². The molecule has 0 N–H and O–H groups in total. The fourth-order valence-corrected chi connectivity index (χ4v) is 4.26. The molecule has 0 bridgehead atoms. The maximum atomic E-state index is 13.6. The van der Waals surface area contributed by atoms with Gasteiger partial charge in [0.2, 0.25) is 0 Å². The van der Waals surface area contributed by atoms with Gasteiger partial charge < -0.3 is 9.64 Å². The molecule has 1 amide bonds. The molecule has 6 heteroatoms. The van der Waals surface area contributed by atoms with Gasteiger partial charge in [0.1, 0.15) is 22.2 Å². The third-order valence-electron chi connectivity index (χ3n) is 5.13. The summed E-state index contributed by atoms with van der Waals surface area (Å²) in [6.45, 7) is 0.898. The Morgan fingerprint density at radius 1 is 0.939 bits per heavy atom. The number of ether oxygens (including phenoxy) is 1. The van der Waals surface area contributed by atoms with Crippen molar-refractivity contribution in [3.05, 3.63) is 112 Å². The minimum absolute atomic E-state index is 0.127. The molecule has 5 nitrogen and oxygen atoms in total. The molecular weight excluding hydrogens is 432 g/mol. The number of aldehydes is 1. The monoisotopic (exact) mass is 456 g/mol. The largest absolute Gasteiger partial charge is 0.457 e. The third-order valence-corrected chi connectivity index (χ3v) is 5.98. The lowest BCUT2D eigenvalue weighted by Gasteiger charge is -2.23. The summed E-state index contributed by atoms with van der Waals surface area (Å²) in [4.78, 5) is 30.8. The third kappa shape index (κ3) is 6.14. The molecule has 4 aromatic rings. The van der Waals surface area contributed by atoms with Crippen LogP contribution in [0.5, 0.6) is 11.5 Å². The fourth-order valence-electron chi connectivity index (χ4n) is 3.50. The molecule has 0 aliphatic heterocycles. The second-order valence-electron chi connectivity index (χ2n) is 7.51. The van der Waals surface area contributed by atoms with Crippen LogP contribution in [0, 0.1) is 0 Å². The molecule has 3 aromatic carbocycles. The van der Waals surface area contributed by atoms with Crippen molar-refractivity contribution in [1.82, 2.24) is 9.88 Å². The highest BCUT2D eigenvalue weighted by molar-refractivity contribution is 7.09. The fraction of sp³-hybridized carbons (Fsp3) is 0.148. The Kier molecular flexibility index (Phi) is 7.61. The predicted octanol–water partition coefficient (Wildman–Crippen LogP) is 6.02. The van der Waals surface area contributed by atoms with Crippen molar-refractivity contribution < 1.29 is 14.3 Å². The average Bonchev–Trinajstić information content (AvgIpc) is 3.32. The first-order valence-electron chi connectivity index (χ1n) is 10.8. The number of para-hydroxylation sites is 2. The van der Waals surface area contributed by atoms with E-state index in [1.54, 1.807) is 22.4 Å². The van der Waals surface area contributed by atoms with Crippen molar-refractivity contribution >= 4 is 23.5 Å². The van der Waals surface area contributed by atoms with E-state index in [0.717, 1.165) is 24.1 Å². The average molecular weight is 457 g/mol. The summed E-state index contributed by atoms with van der Waals surface area (Å²) in [5, 5.41) is 2.44. The predicted molar refractivity (Wildman–Crippen MR) is 130 cm³/mol. The van der Waals surface area contributed by atoms with Gasteiger partial charge in [0, 0.05) is 11.9 Å². The summed E-state index contributed by atoms with van der Waals surface area (Å²) in [6.07, 6.45) is 2.40. The van der Waals surface area contributed by atoms with Crippen molar-refractivity contribution in [3.8, 4) is 11.5 Å². The summed E-state index contributed by atoms with van der Waals surface area (Å²) in [7, 11) is 0. The molecule has 0 radical (unpaired) electrons. The van der Waals surface area contributed by atoms with Gasteiger partial charge in [0.25, 0.3) is 5.91 Å². The Hall–Kier alpha value is -3.77.